The highest BCUT2D eigenvalue weighted by atomic mass is 16.7. The Kier molecular flexibility index (Phi) is 3.03. The van der Waals surface area contributed by atoms with Crippen molar-refractivity contribution in [3.8, 4) is 0 Å². The number of hydrogen-bond donors (Lipinski definition) is 9. The van der Waals surface area contributed by atoms with Crippen LogP contribution in [-0.4, -0.2) is 23.5 Å². The monoisotopic (exact) mass is 295 g/mol. The molecule has 2 aliphatic rings. The van der Waals surface area contributed by atoms with Crippen molar-refractivity contribution >= 4 is 17.5 Å². The second kappa shape index (κ2) is 4.36. The standard InChI is InChI=1S/C10H17N9O2/c11-3-1(4(12)6(14)7(15)5(3)13)2-8(16)20-10(18,19)21-9(2)17/h1-2,15-17H,11-14,18-19H2. The van der Waals surface area contributed by atoms with Crippen molar-refractivity contribution in [2.24, 2.45) is 46.2 Å². The Balaban J connectivity index is 2.48. The van der Waals surface area contributed by atoms with Gasteiger partial charge in [0, 0.05) is 11.4 Å². The average Bonchev–Trinajstić information content (AvgIpc) is 2.36. The van der Waals surface area contributed by atoms with Gasteiger partial charge in [0.2, 0.25) is 11.8 Å². The predicted molar refractivity (Wildman–Crippen MR) is 74.2 cm³/mol. The molecule has 1 aliphatic carbocycles. The van der Waals surface area contributed by atoms with Gasteiger partial charge in [-0.15, -0.1) is 0 Å². The average molecular weight is 295 g/mol. The van der Waals surface area contributed by atoms with Crippen LogP contribution in [0.2, 0.25) is 0 Å². The van der Waals surface area contributed by atoms with Crippen molar-refractivity contribution in [3.63, 3.8) is 0 Å². The van der Waals surface area contributed by atoms with Gasteiger partial charge in [-0.05, 0) is 0 Å². The van der Waals surface area contributed by atoms with Crippen LogP contribution in [0.25, 0.3) is 0 Å². The van der Waals surface area contributed by atoms with Crippen molar-refractivity contribution in [2.75, 3.05) is 0 Å². The summed E-state index contributed by atoms with van der Waals surface area (Å²) in [5, 5.41) is 23.4. The largest absolute Gasteiger partial charge is 0.413 e. The highest BCUT2D eigenvalue weighted by molar-refractivity contribution is 6.12. The molecule has 1 heterocycles. The number of ether oxygens (including phenoxy) is 2. The van der Waals surface area contributed by atoms with Crippen molar-refractivity contribution in [3.05, 3.63) is 22.8 Å². The topological polar surface area (TPSA) is 246 Å². The van der Waals surface area contributed by atoms with Gasteiger partial charge in [-0.1, -0.05) is 0 Å². The van der Waals surface area contributed by atoms with Crippen molar-refractivity contribution in [1.82, 2.24) is 0 Å². The summed E-state index contributed by atoms with van der Waals surface area (Å²) in [6.45, 7) is 0. The number of nitrogens with two attached hydrogens (primary N) is 6. The lowest BCUT2D eigenvalue weighted by Gasteiger charge is -2.39. The molecule has 0 radical (unpaired) electrons. The van der Waals surface area contributed by atoms with Gasteiger partial charge < -0.3 is 32.4 Å². The summed E-state index contributed by atoms with van der Waals surface area (Å²) in [6.07, 6.45) is 0. The Morgan fingerprint density at radius 3 is 1.52 bits per heavy atom. The molecule has 21 heavy (non-hydrogen) atoms. The molecular formula is C10H17N9O2. The molecule has 1 saturated heterocycles. The van der Waals surface area contributed by atoms with Crippen molar-refractivity contribution in [2.45, 2.75) is 6.03 Å². The Bertz CT molecular complexity index is 570. The Hall–Kier alpha value is -2.79. The van der Waals surface area contributed by atoms with Gasteiger partial charge in [0.05, 0.1) is 17.3 Å². The summed E-state index contributed by atoms with van der Waals surface area (Å²) < 4.78 is 9.78. The van der Waals surface area contributed by atoms with Crippen LogP contribution in [0.4, 0.5) is 0 Å². The lowest BCUT2D eigenvalue weighted by molar-refractivity contribution is -0.145. The maximum atomic E-state index is 7.84. The minimum absolute atomic E-state index is 0.0000529. The van der Waals surface area contributed by atoms with Crippen LogP contribution in [0.3, 0.4) is 0 Å². The van der Waals surface area contributed by atoms with E-state index in [4.69, 9.17) is 60.1 Å². The molecule has 0 bridgehead atoms. The van der Waals surface area contributed by atoms with E-state index < -0.39 is 29.7 Å². The van der Waals surface area contributed by atoms with E-state index in [0.717, 1.165) is 0 Å². The molecule has 0 amide bonds. The molecule has 2 rings (SSSR count). The van der Waals surface area contributed by atoms with E-state index in [2.05, 4.69) is 0 Å². The molecule has 1 fully saturated rings. The van der Waals surface area contributed by atoms with Crippen LogP contribution >= 0.6 is 0 Å². The van der Waals surface area contributed by atoms with Gasteiger partial charge in [0.15, 0.2) is 0 Å². The van der Waals surface area contributed by atoms with Crippen molar-refractivity contribution in [1.29, 1.82) is 16.2 Å². The molecule has 0 aromatic carbocycles. The molecule has 0 atom stereocenters. The van der Waals surface area contributed by atoms with E-state index >= 15 is 0 Å². The van der Waals surface area contributed by atoms with E-state index in [1.807, 2.05) is 0 Å². The van der Waals surface area contributed by atoms with Gasteiger partial charge in [-0.25, -0.2) is 11.5 Å². The van der Waals surface area contributed by atoms with Gasteiger partial charge in [0.25, 0.3) is 0 Å². The third-order valence-electron chi connectivity index (χ3n) is 3.27. The zero-order valence-electron chi connectivity index (χ0n) is 10.9. The lowest BCUT2D eigenvalue weighted by Crippen LogP contribution is -2.63. The predicted octanol–water partition coefficient (Wildman–Crippen LogP) is -2.96. The molecule has 0 aromatic heterocycles. The molecule has 15 N–H and O–H groups in total. The van der Waals surface area contributed by atoms with Crippen LogP contribution in [0.15, 0.2) is 22.8 Å². The van der Waals surface area contributed by atoms with E-state index in [-0.39, 0.29) is 28.5 Å². The number of nitrogens with one attached hydrogen (secondary N) is 3. The van der Waals surface area contributed by atoms with E-state index in [1.54, 1.807) is 0 Å². The third-order valence-corrected chi connectivity index (χ3v) is 3.27. The molecular weight excluding hydrogens is 278 g/mol. The Morgan fingerprint density at radius 2 is 1.14 bits per heavy atom. The summed E-state index contributed by atoms with van der Waals surface area (Å²) >= 11 is 0. The smallest absolute Gasteiger partial charge is 0.378 e. The third kappa shape index (κ3) is 2.13. The van der Waals surface area contributed by atoms with Crippen LogP contribution in [0.1, 0.15) is 0 Å². The van der Waals surface area contributed by atoms with Crippen LogP contribution < -0.4 is 34.4 Å². The first-order valence-electron chi connectivity index (χ1n) is 5.79. The zero-order chi connectivity index (χ0) is 16.1. The SMILES string of the molecule is N=C1C(N)=C(N)C(C2C(=N)OC(N)(N)OC2=N)C(N)=C1N. The minimum Gasteiger partial charge on any atom is -0.413 e. The maximum Gasteiger partial charge on any atom is 0.378 e. The number of hydrogen-bond acceptors (Lipinski definition) is 11. The van der Waals surface area contributed by atoms with E-state index in [1.165, 1.54) is 0 Å². The lowest BCUT2D eigenvalue weighted by atomic mass is 9.80. The summed E-state index contributed by atoms with van der Waals surface area (Å²) in [5.74, 6) is -2.98. The molecule has 0 spiro atoms. The Morgan fingerprint density at radius 1 is 0.762 bits per heavy atom. The quantitative estimate of drug-likeness (QED) is 0.225. The fourth-order valence-electron chi connectivity index (χ4n) is 2.21. The molecule has 0 aromatic rings. The fraction of sp³-hybridized carbons (Fsp3) is 0.300. The van der Waals surface area contributed by atoms with E-state index in [9.17, 15) is 0 Å². The molecule has 11 heteroatoms. The second-order valence-corrected chi connectivity index (χ2v) is 4.72. The van der Waals surface area contributed by atoms with Crippen LogP contribution in [0.5, 0.6) is 0 Å². The van der Waals surface area contributed by atoms with Gasteiger partial charge in [-0.3, -0.25) is 16.2 Å². The molecule has 0 unspecified atom stereocenters. The van der Waals surface area contributed by atoms with E-state index in [0.29, 0.717) is 0 Å². The zero-order valence-corrected chi connectivity index (χ0v) is 10.9. The molecule has 0 saturated carbocycles. The number of rotatable bonds is 1. The van der Waals surface area contributed by atoms with Crippen LogP contribution in [-0.2, 0) is 9.47 Å². The van der Waals surface area contributed by atoms with Gasteiger partial charge in [0.1, 0.15) is 11.6 Å². The highest BCUT2D eigenvalue weighted by Gasteiger charge is 2.47. The maximum absolute atomic E-state index is 7.84. The highest BCUT2D eigenvalue weighted by Crippen LogP contribution is 2.34. The van der Waals surface area contributed by atoms with Gasteiger partial charge >= 0.3 is 6.03 Å². The van der Waals surface area contributed by atoms with Crippen molar-refractivity contribution < 1.29 is 9.47 Å². The summed E-state index contributed by atoms with van der Waals surface area (Å²) in [7, 11) is 0. The van der Waals surface area contributed by atoms with Crippen LogP contribution in [0, 0.1) is 28.1 Å². The minimum atomic E-state index is -2.11. The summed E-state index contributed by atoms with van der Waals surface area (Å²) in [4.78, 5) is 0. The normalized spacial score (nSPS) is 29.3. The first-order chi connectivity index (χ1) is 9.57. The molecule has 1 aliphatic heterocycles. The summed E-state index contributed by atoms with van der Waals surface area (Å²) in [6, 6.07) is -2.11. The first kappa shape index (κ1) is 14.6. The molecule has 114 valence electrons. The fourth-order valence-corrected chi connectivity index (χ4v) is 2.21. The first-order valence-corrected chi connectivity index (χ1v) is 5.79. The second-order valence-electron chi connectivity index (χ2n) is 4.72. The molecule has 11 nitrogen and oxygen atoms in total. The van der Waals surface area contributed by atoms with Gasteiger partial charge in [-0.2, -0.15) is 0 Å². The Labute approximate surface area is 119 Å². The summed E-state index contributed by atoms with van der Waals surface area (Å²) in [5.41, 5.74) is 33.5.